The van der Waals surface area contributed by atoms with Gasteiger partial charge in [-0.1, -0.05) is 11.6 Å². The van der Waals surface area contributed by atoms with E-state index in [1.165, 1.54) is 18.2 Å². The highest BCUT2D eigenvalue weighted by molar-refractivity contribution is 6.31. The average molecular weight is 456 g/mol. The van der Waals surface area contributed by atoms with Gasteiger partial charge < -0.3 is 19.8 Å². The largest absolute Gasteiger partial charge is 0.369 e. The van der Waals surface area contributed by atoms with Crippen molar-refractivity contribution in [2.24, 2.45) is 4.99 Å². The quantitative estimate of drug-likeness (QED) is 0.518. The lowest BCUT2D eigenvalue weighted by Gasteiger charge is -2.24. The Hall–Kier alpha value is -2.87. The summed E-state index contributed by atoms with van der Waals surface area (Å²) in [4.78, 5) is 22.1. The van der Waals surface area contributed by atoms with Crippen molar-refractivity contribution < 1.29 is 22.8 Å². The molecule has 0 bridgehead atoms. The topological polar surface area (TPSA) is 61.8 Å². The van der Waals surface area contributed by atoms with E-state index < -0.39 is 12.0 Å². The van der Waals surface area contributed by atoms with Gasteiger partial charge in [-0.2, -0.15) is 0 Å². The minimum Gasteiger partial charge on any atom is -0.369 e. The van der Waals surface area contributed by atoms with Crippen LogP contribution in [-0.4, -0.2) is 45.7 Å². The Morgan fingerprint density at radius 3 is 2.39 bits per heavy atom. The molecule has 0 aromatic heterocycles. The minimum atomic E-state index is -0.834. The van der Waals surface area contributed by atoms with E-state index in [0.29, 0.717) is 55.1 Å². The van der Waals surface area contributed by atoms with Crippen molar-refractivity contribution in [3.05, 3.63) is 58.6 Å². The molecule has 1 N–H and O–H groups in total. The van der Waals surface area contributed by atoms with Crippen molar-refractivity contribution in [2.75, 3.05) is 30.4 Å². The van der Waals surface area contributed by atoms with Crippen LogP contribution in [0.1, 0.15) is 24.8 Å². The van der Waals surface area contributed by atoms with E-state index in [-0.39, 0.29) is 10.8 Å². The third kappa shape index (κ3) is 7.40. The Morgan fingerprint density at radius 2 is 1.74 bits per heavy atom. The fourth-order valence-electron chi connectivity index (χ4n) is 3.17. The number of nitrogens with zero attached hydrogens (tertiary/aromatic N) is 2. The van der Waals surface area contributed by atoms with Crippen LogP contribution in [0.3, 0.4) is 0 Å². The summed E-state index contributed by atoms with van der Waals surface area (Å²) in [6.07, 6.45) is 0.752. The molecule has 1 atom stereocenters. The van der Waals surface area contributed by atoms with Gasteiger partial charge in [-0.3, -0.25) is 4.99 Å². The predicted molar refractivity (Wildman–Crippen MR) is 119 cm³/mol. The molecule has 0 spiro atoms. The summed E-state index contributed by atoms with van der Waals surface area (Å²) in [5.41, 5.74) is 1.68. The number of aliphatic imine (C=N–C) groups is 1. The van der Waals surface area contributed by atoms with E-state index in [4.69, 9.17) is 21.2 Å². The Bertz CT molecular complexity index is 881. The van der Waals surface area contributed by atoms with Crippen molar-refractivity contribution in [3.8, 4) is 0 Å². The number of anilines is 2. The van der Waals surface area contributed by atoms with Gasteiger partial charge in [-0.15, -0.1) is 0 Å². The van der Waals surface area contributed by atoms with Gasteiger partial charge in [-0.25, -0.2) is 13.2 Å². The molecule has 0 saturated carbocycles. The second kappa shape index (κ2) is 13.4. The lowest BCUT2D eigenvalue weighted by molar-refractivity contribution is -0.0987. The Balaban J connectivity index is 0.00000113. The molecule has 0 amide bonds. The summed E-state index contributed by atoms with van der Waals surface area (Å²) in [5.74, 6) is -0.359. The lowest BCUT2D eigenvalue weighted by atomic mass is 10.1. The van der Waals surface area contributed by atoms with Gasteiger partial charge in [0, 0.05) is 31.4 Å². The maximum atomic E-state index is 14.4. The van der Waals surface area contributed by atoms with Crippen LogP contribution in [0.25, 0.3) is 0 Å². The number of alkyl halides is 1. The van der Waals surface area contributed by atoms with Crippen LogP contribution in [0.4, 0.5) is 24.5 Å². The van der Waals surface area contributed by atoms with E-state index in [2.05, 4.69) is 10.3 Å². The van der Waals surface area contributed by atoms with Gasteiger partial charge in [0.2, 0.25) is 0 Å². The first-order chi connectivity index (χ1) is 15.0. The van der Waals surface area contributed by atoms with Crippen molar-refractivity contribution >= 4 is 42.4 Å². The van der Waals surface area contributed by atoms with Gasteiger partial charge >= 0.3 is 0 Å². The fraction of sp³-hybridized carbons (Fsp3) is 0.318. The van der Waals surface area contributed by atoms with Crippen molar-refractivity contribution in [1.82, 2.24) is 0 Å². The molecule has 0 radical (unpaired) electrons. The van der Waals surface area contributed by atoms with Crippen molar-refractivity contribution in [2.45, 2.75) is 25.4 Å². The van der Waals surface area contributed by atoms with E-state index in [1.807, 2.05) is 18.5 Å². The number of rotatable bonds is 3. The second-order valence-electron chi connectivity index (χ2n) is 6.51. The maximum absolute atomic E-state index is 14.4. The van der Waals surface area contributed by atoms with Crippen LogP contribution in [0.2, 0.25) is 5.02 Å². The molecule has 1 saturated heterocycles. The number of amidine groups is 1. The van der Waals surface area contributed by atoms with E-state index >= 15 is 0 Å². The SMILES string of the molecule is C=O.C=O.CN=C(Nc1ccc(F)c(Cl)c1)c1ccc(F)c(N2CCCC(F)CC2)c1. The molecule has 1 heterocycles. The number of carbonyl (C=O) groups is 2. The maximum Gasteiger partial charge on any atom is 0.146 e. The molecule has 2 aromatic carbocycles. The summed E-state index contributed by atoms with van der Waals surface area (Å²) < 4.78 is 41.4. The van der Waals surface area contributed by atoms with E-state index in [0.717, 1.165) is 0 Å². The van der Waals surface area contributed by atoms with Crippen LogP contribution in [-0.2, 0) is 9.59 Å². The zero-order valence-corrected chi connectivity index (χ0v) is 18.0. The summed E-state index contributed by atoms with van der Waals surface area (Å²) in [5, 5.41) is 3.08. The molecule has 2 aromatic rings. The molecule has 3 rings (SSSR count). The molecule has 0 aliphatic carbocycles. The first kappa shape index (κ1) is 26.2. The number of halogens is 4. The smallest absolute Gasteiger partial charge is 0.146 e. The lowest BCUT2D eigenvalue weighted by Crippen LogP contribution is -2.26. The first-order valence-corrected chi connectivity index (χ1v) is 9.81. The molecule has 1 fully saturated rings. The van der Waals surface area contributed by atoms with Crippen LogP contribution < -0.4 is 10.2 Å². The molecule has 31 heavy (non-hydrogen) atoms. The van der Waals surface area contributed by atoms with Crippen LogP contribution >= 0.6 is 11.6 Å². The number of benzene rings is 2. The molecular formula is C22H25ClF3N3O2. The normalized spacial score (nSPS) is 16.2. The summed E-state index contributed by atoms with van der Waals surface area (Å²) in [6.45, 7) is 5.08. The monoisotopic (exact) mass is 455 g/mol. The Kier molecular flexibility index (Phi) is 11.3. The highest BCUT2D eigenvalue weighted by atomic mass is 35.5. The molecule has 1 aliphatic rings. The zero-order chi connectivity index (χ0) is 23.4. The van der Waals surface area contributed by atoms with Gasteiger partial charge in [0.1, 0.15) is 37.2 Å². The number of carbonyl (C=O) groups excluding carboxylic acids is 2. The van der Waals surface area contributed by atoms with E-state index in [9.17, 15) is 13.2 Å². The van der Waals surface area contributed by atoms with Crippen LogP contribution in [0, 0.1) is 11.6 Å². The molecule has 5 nitrogen and oxygen atoms in total. The summed E-state index contributed by atoms with van der Waals surface area (Å²) >= 11 is 5.82. The molecular weight excluding hydrogens is 431 g/mol. The number of nitrogens with one attached hydrogen (secondary N) is 1. The average Bonchev–Trinajstić information content (AvgIpc) is 3.02. The van der Waals surface area contributed by atoms with Crippen molar-refractivity contribution in [1.29, 1.82) is 0 Å². The van der Waals surface area contributed by atoms with Gasteiger partial charge in [0.05, 0.1) is 10.7 Å². The Morgan fingerprint density at radius 1 is 1.06 bits per heavy atom. The van der Waals surface area contributed by atoms with Gasteiger partial charge in [0.25, 0.3) is 0 Å². The highest BCUT2D eigenvalue weighted by Gasteiger charge is 2.20. The molecule has 9 heteroatoms. The molecule has 1 unspecified atom stereocenters. The van der Waals surface area contributed by atoms with Crippen LogP contribution in [0.15, 0.2) is 41.4 Å². The molecule has 1 aliphatic heterocycles. The highest BCUT2D eigenvalue weighted by Crippen LogP contribution is 2.26. The standard InChI is InChI=1S/C20H21ClF3N3.2CH2O/c1-25-20(26-15-5-7-17(23)16(21)12-15)13-4-6-18(24)19(11-13)27-9-2-3-14(22)8-10-27;2*1-2/h4-7,11-12,14H,2-3,8-10H2,1H3,(H,25,26);2*1H2. The van der Waals surface area contributed by atoms with Gasteiger partial charge in [0.15, 0.2) is 0 Å². The number of hydrogen-bond donors (Lipinski definition) is 1. The van der Waals surface area contributed by atoms with Gasteiger partial charge in [-0.05, 0) is 55.7 Å². The van der Waals surface area contributed by atoms with Crippen LogP contribution in [0.5, 0.6) is 0 Å². The van der Waals surface area contributed by atoms with E-state index in [1.54, 1.807) is 25.2 Å². The van der Waals surface area contributed by atoms with Crippen molar-refractivity contribution in [3.63, 3.8) is 0 Å². The first-order valence-electron chi connectivity index (χ1n) is 9.43. The third-order valence-corrected chi connectivity index (χ3v) is 4.91. The summed E-state index contributed by atoms with van der Waals surface area (Å²) in [7, 11) is 1.61. The molecule has 168 valence electrons. The number of hydrogen-bond acceptors (Lipinski definition) is 4. The zero-order valence-electron chi connectivity index (χ0n) is 17.2. The fourth-order valence-corrected chi connectivity index (χ4v) is 3.35. The predicted octanol–water partition coefficient (Wildman–Crippen LogP) is 5.07. The third-order valence-electron chi connectivity index (χ3n) is 4.62. The second-order valence-corrected chi connectivity index (χ2v) is 6.91. The minimum absolute atomic E-state index is 0.000548. The summed E-state index contributed by atoms with van der Waals surface area (Å²) in [6, 6.07) is 8.98. The Labute approximate surface area is 184 Å².